The van der Waals surface area contributed by atoms with Gasteiger partial charge in [-0.15, -0.1) is 0 Å². The Morgan fingerprint density at radius 3 is 2.45 bits per heavy atom. The minimum Gasteiger partial charge on any atom is -0.292 e. The van der Waals surface area contributed by atoms with Crippen LogP contribution in [0.2, 0.25) is 10.0 Å². The molecule has 0 radical (unpaired) electrons. The molecule has 0 saturated carbocycles. The molecule has 0 aromatic heterocycles. The van der Waals surface area contributed by atoms with Gasteiger partial charge in [0.15, 0.2) is 5.78 Å². The lowest BCUT2D eigenvalue weighted by Gasteiger charge is -2.11. The van der Waals surface area contributed by atoms with E-state index in [4.69, 9.17) is 23.2 Å². The van der Waals surface area contributed by atoms with Gasteiger partial charge in [0.1, 0.15) is 5.92 Å². The third-order valence-corrected chi connectivity index (χ3v) is 3.95. The van der Waals surface area contributed by atoms with E-state index in [1.54, 1.807) is 42.5 Å². The molecule has 100 valence electrons. The Labute approximate surface area is 135 Å². The monoisotopic (exact) mass is 367 g/mol. The number of hydrogen-bond donors (Lipinski definition) is 0. The van der Waals surface area contributed by atoms with Crippen molar-refractivity contribution in [2.45, 2.75) is 5.92 Å². The standard InChI is InChI=1S/C15H8BrCl2NO/c16-9-5-6-11(14(18)7-9)15(20)12(8-19)10-3-1-2-4-13(10)17/h1-7,12H. The fraction of sp³-hybridized carbons (Fsp3) is 0.0667. The van der Waals surface area contributed by atoms with E-state index < -0.39 is 5.92 Å². The van der Waals surface area contributed by atoms with Crippen LogP contribution in [-0.2, 0) is 0 Å². The smallest absolute Gasteiger partial charge is 0.186 e. The summed E-state index contributed by atoms with van der Waals surface area (Å²) in [6.45, 7) is 0. The zero-order valence-electron chi connectivity index (χ0n) is 10.1. The minimum atomic E-state index is -0.970. The van der Waals surface area contributed by atoms with Gasteiger partial charge in [0, 0.05) is 15.1 Å². The Hall–Kier alpha value is -1.34. The van der Waals surface area contributed by atoms with E-state index >= 15 is 0 Å². The van der Waals surface area contributed by atoms with Gasteiger partial charge in [0.2, 0.25) is 0 Å². The maximum absolute atomic E-state index is 12.5. The van der Waals surface area contributed by atoms with Crippen molar-refractivity contribution in [1.82, 2.24) is 0 Å². The van der Waals surface area contributed by atoms with Crippen LogP contribution in [-0.4, -0.2) is 5.78 Å². The van der Waals surface area contributed by atoms with Gasteiger partial charge in [-0.3, -0.25) is 4.79 Å². The van der Waals surface area contributed by atoms with Gasteiger partial charge in [-0.05, 0) is 29.8 Å². The molecule has 2 aromatic rings. The number of carbonyl (C=O) groups is 1. The molecule has 0 fully saturated rings. The Morgan fingerprint density at radius 1 is 1.15 bits per heavy atom. The third-order valence-electron chi connectivity index (χ3n) is 2.80. The molecule has 0 N–H and O–H groups in total. The zero-order chi connectivity index (χ0) is 14.7. The quantitative estimate of drug-likeness (QED) is 0.694. The fourth-order valence-corrected chi connectivity index (χ4v) is 2.83. The number of hydrogen-bond acceptors (Lipinski definition) is 2. The molecular weight excluding hydrogens is 361 g/mol. The van der Waals surface area contributed by atoms with Crippen LogP contribution in [0.4, 0.5) is 0 Å². The molecule has 1 atom stereocenters. The van der Waals surface area contributed by atoms with E-state index in [9.17, 15) is 10.1 Å². The third kappa shape index (κ3) is 3.04. The molecule has 0 amide bonds. The molecule has 2 aromatic carbocycles. The SMILES string of the molecule is N#CC(C(=O)c1ccc(Br)cc1Cl)c1ccccc1Cl. The molecule has 0 bridgehead atoms. The first-order valence-corrected chi connectivity index (χ1v) is 7.23. The van der Waals surface area contributed by atoms with E-state index in [1.165, 1.54) is 0 Å². The van der Waals surface area contributed by atoms with E-state index in [2.05, 4.69) is 15.9 Å². The molecule has 1 unspecified atom stereocenters. The topological polar surface area (TPSA) is 40.9 Å². The number of nitrogens with zero attached hydrogens (tertiary/aromatic N) is 1. The highest BCUT2D eigenvalue weighted by molar-refractivity contribution is 9.10. The van der Waals surface area contributed by atoms with Crippen molar-refractivity contribution in [2.75, 3.05) is 0 Å². The molecule has 0 heterocycles. The second-order valence-corrected chi connectivity index (χ2v) is 5.80. The van der Waals surface area contributed by atoms with Crippen molar-refractivity contribution in [3.05, 3.63) is 68.1 Å². The summed E-state index contributed by atoms with van der Waals surface area (Å²) >= 11 is 15.4. The predicted molar refractivity (Wildman–Crippen MR) is 83.3 cm³/mol. The summed E-state index contributed by atoms with van der Waals surface area (Å²) < 4.78 is 0.769. The number of Topliss-reactive ketones (excluding diaryl/α,β-unsaturated/α-hetero) is 1. The summed E-state index contributed by atoms with van der Waals surface area (Å²) in [5.74, 6) is -1.33. The summed E-state index contributed by atoms with van der Waals surface area (Å²) in [6.07, 6.45) is 0. The lowest BCUT2D eigenvalue weighted by molar-refractivity contribution is 0.0979. The fourth-order valence-electron chi connectivity index (χ4n) is 1.82. The van der Waals surface area contributed by atoms with Crippen LogP contribution >= 0.6 is 39.1 Å². The first-order chi connectivity index (χ1) is 9.54. The maximum atomic E-state index is 12.5. The highest BCUT2D eigenvalue weighted by Gasteiger charge is 2.25. The van der Waals surface area contributed by atoms with Crippen molar-refractivity contribution in [3.8, 4) is 6.07 Å². The molecule has 0 aliphatic carbocycles. The van der Waals surface area contributed by atoms with Gasteiger partial charge < -0.3 is 0 Å². The average Bonchev–Trinajstić information content (AvgIpc) is 2.41. The predicted octanol–water partition coefficient (Wildman–Crippen LogP) is 5.25. The number of rotatable bonds is 3. The van der Waals surface area contributed by atoms with Crippen molar-refractivity contribution in [3.63, 3.8) is 0 Å². The summed E-state index contributed by atoms with van der Waals surface area (Å²) in [6, 6.07) is 13.7. The zero-order valence-corrected chi connectivity index (χ0v) is 13.2. The number of carbonyl (C=O) groups excluding carboxylic acids is 1. The van der Waals surface area contributed by atoms with Crippen LogP contribution in [0, 0.1) is 11.3 Å². The second kappa shape index (κ2) is 6.41. The largest absolute Gasteiger partial charge is 0.292 e. The van der Waals surface area contributed by atoms with Crippen molar-refractivity contribution in [2.24, 2.45) is 0 Å². The van der Waals surface area contributed by atoms with Gasteiger partial charge in [-0.2, -0.15) is 5.26 Å². The number of benzene rings is 2. The Balaban J connectivity index is 2.45. The summed E-state index contributed by atoms with van der Waals surface area (Å²) in [4.78, 5) is 12.5. The van der Waals surface area contributed by atoms with Crippen molar-refractivity contribution < 1.29 is 4.79 Å². The van der Waals surface area contributed by atoms with Gasteiger partial charge in [0.05, 0.1) is 11.1 Å². The molecule has 0 aliphatic rings. The first kappa shape index (κ1) is 15.1. The van der Waals surface area contributed by atoms with Crippen LogP contribution in [0.15, 0.2) is 46.9 Å². The van der Waals surface area contributed by atoms with Gasteiger partial charge in [0.25, 0.3) is 0 Å². The van der Waals surface area contributed by atoms with E-state index in [-0.39, 0.29) is 5.78 Å². The Morgan fingerprint density at radius 2 is 1.85 bits per heavy atom. The highest BCUT2D eigenvalue weighted by atomic mass is 79.9. The molecule has 2 nitrogen and oxygen atoms in total. The summed E-state index contributed by atoms with van der Waals surface area (Å²) in [5, 5.41) is 9.99. The van der Waals surface area contributed by atoms with E-state index in [0.29, 0.717) is 21.2 Å². The van der Waals surface area contributed by atoms with Crippen LogP contribution in [0.25, 0.3) is 0 Å². The van der Waals surface area contributed by atoms with Crippen LogP contribution in [0.3, 0.4) is 0 Å². The van der Waals surface area contributed by atoms with Gasteiger partial charge in [-0.1, -0.05) is 57.3 Å². The van der Waals surface area contributed by atoms with Crippen LogP contribution in [0.5, 0.6) is 0 Å². The normalized spacial score (nSPS) is 11.7. The van der Waals surface area contributed by atoms with Crippen LogP contribution in [0.1, 0.15) is 21.8 Å². The number of nitriles is 1. The Bertz CT molecular complexity index is 709. The average molecular weight is 369 g/mol. The highest BCUT2D eigenvalue weighted by Crippen LogP contribution is 2.30. The molecule has 2 rings (SSSR count). The summed E-state index contributed by atoms with van der Waals surface area (Å²) in [5.41, 5.74) is 0.794. The number of ketones is 1. The molecule has 0 aliphatic heterocycles. The van der Waals surface area contributed by atoms with E-state index in [1.807, 2.05) is 6.07 Å². The van der Waals surface area contributed by atoms with Gasteiger partial charge >= 0.3 is 0 Å². The molecule has 5 heteroatoms. The van der Waals surface area contributed by atoms with Crippen molar-refractivity contribution in [1.29, 1.82) is 5.26 Å². The second-order valence-electron chi connectivity index (χ2n) is 4.07. The Kier molecular flexibility index (Phi) is 4.82. The molecular formula is C15H8BrCl2NO. The minimum absolute atomic E-state index is 0.302. The van der Waals surface area contributed by atoms with Gasteiger partial charge in [-0.25, -0.2) is 0 Å². The van der Waals surface area contributed by atoms with Crippen LogP contribution < -0.4 is 0 Å². The van der Waals surface area contributed by atoms with E-state index in [0.717, 1.165) is 4.47 Å². The van der Waals surface area contributed by atoms with Crippen molar-refractivity contribution >= 4 is 44.9 Å². The maximum Gasteiger partial charge on any atom is 0.186 e. The lowest BCUT2D eigenvalue weighted by atomic mass is 9.92. The first-order valence-electron chi connectivity index (χ1n) is 5.68. The molecule has 0 saturated heterocycles. The lowest BCUT2D eigenvalue weighted by Crippen LogP contribution is -2.12. The molecule has 20 heavy (non-hydrogen) atoms. The summed E-state index contributed by atoms with van der Waals surface area (Å²) in [7, 11) is 0. The number of halogens is 3. The molecule has 0 spiro atoms.